The van der Waals surface area contributed by atoms with Crippen LogP contribution in [0.3, 0.4) is 0 Å². The van der Waals surface area contributed by atoms with Crippen molar-refractivity contribution in [3.8, 4) is 0 Å². The number of nitrogens with two attached hydrogens (primary N) is 1. The van der Waals surface area contributed by atoms with Crippen molar-refractivity contribution in [2.75, 3.05) is 0 Å². The first kappa shape index (κ1) is 12.8. The summed E-state index contributed by atoms with van der Waals surface area (Å²) in [7, 11) is 0. The van der Waals surface area contributed by atoms with E-state index in [9.17, 15) is 4.39 Å². The Balaban J connectivity index is 2.52. The second-order valence-electron chi connectivity index (χ2n) is 5.38. The molecule has 1 aromatic carbocycles. The quantitative estimate of drug-likeness (QED) is 0.836. The minimum Gasteiger partial charge on any atom is -0.321 e. The first-order chi connectivity index (χ1) is 7.94. The summed E-state index contributed by atoms with van der Waals surface area (Å²) < 4.78 is 14.1. The predicted molar refractivity (Wildman–Crippen MR) is 69.8 cm³/mol. The molecule has 1 aliphatic carbocycles. The van der Waals surface area contributed by atoms with Gasteiger partial charge in [0.1, 0.15) is 5.82 Å². The lowest BCUT2D eigenvalue weighted by atomic mass is 9.86. The number of hydrogen-bond acceptors (Lipinski definition) is 1. The summed E-state index contributed by atoms with van der Waals surface area (Å²) in [6.07, 6.45) is 3.84. The van der Waals surface area contributed by atoms with Gasteiger partial charge in [0.05, 0.1) is 5.02 Å². The Kier molecular flexibility index (Phi) is 3.46. The minimum absolute atomic E-state index is 0.197. The van der Waals surface area contributed by atoms with Crippen molar-refractivity contribution in [2.24, 2.45) is 5.73 Å². The molecule has 94 valence electrons. The summed E-state index contributed by atoms with van der Waals surface area (Å²) in [6.45, 7) is 4.15. The molecule has 0 unspecified atom stereocenters. The summed E-state index contributed by atoms with van der Waals surface area (Å²) >= 11 is 5.97. The van der Waals surface area contributed by atoms with Gasteiger partial charge < -0.3 is 5.73 Å². The van der Waals surface area contributed by atoms with E-state index in [-0.39, 0.29) is 10.8 Å². The SMILES string of the molecule is CC(C)c1cc(Cl)c(F)c(C2(N)CCCC2)c1. The van der Waals surface area contributed by atoms with Gasteiger partial charge >= 0.3 is 0 Å². The largest absolute Gasteiger partial charge is 0.321 e. The first-order valence-corrected chi connectivity index (χ1v) is 6.60. The zero-order chi connectivity index (χ0) is 12.6. The van der Waals surface area contributed by atoms with E-state index in [0.717, 1.165) is 31.2 Å². The van der Waals surface area contributed by atoms with Gasteiger partial charge in [-0.25, -0.2) is 4.39 Å². The van der Waals surface area contributed by atoms with Crippen molar-refractivity contribution in [3.05, 3.63) is 34.1 Å². The molecule has 0 atom stereocenters. The van der Waals surface area contributed by atoms with Crippen molar-refractivity contribution >= 4 is 11.6 Å². The summed E-state index contributed by atoms with van der Waals surface area (Å²) in [5.41, 5.74) is 7.47. The number of benzene rings is 1. The van der Waals surface area contributed by atoms with E-state index in [1.807, 2.05) is 6.07 Å². The van der Waals surface area contributed by atoms with Gasteiger partial charge in [-0.15, -0.1) is 0 Å². The Hall–Kier alpha value is -0.600. The molecule has 2 rings (SSSR count). The van der Waals surface area contributed by atoms with Crippen molar-refractivity contribution in [2.45, 2.75) is 51.0 Å². The molecule has 2 N–H and O–H groups in total. The van der Waals surface area contributed by atoms with Crippen molar-refractivity contribution in [3.63, 3.8) is 0 Å². The van der Waals surface area contributed by atoms with Gasteiger partial charge in [-0.3, -0.25) is 0 Å². The lowest BCUT2D eigenvalue weighted by molar-refractivity contribution is 0.432. The molecule has 0 radical (unpaired) electrons. The molecule has 17 heavy (non-hydrogen) atoms. The fraction of sp³-hybridized carbons (Fsp3) is 0.571. The van der Waals surface area contributed by atoms with Crippen LogP contribution in [-0.2, 0) is 5.54 Å². The van der Waals surface area contributed by atoms with Gasteiger partial charge in [0.2, 0.25) is 0 Å². The highest BCUT2D eigenvalue weighted by molar-refractivity contribution is 6.30. The highest BCUT2D eigenvalue weighted by Crippen LogP contribution is 2.40. The van der Waals surface area contributed by atoms with E-state index in [2.05, 4.69) is 13.8 Å². The van der Waals surface area contributed by atoms with E-state index in [0.29, 0.717) is 11.5 Å². The third-order valence-electron chi connectivity index (χ3n) is 3.75. The lowest BCUT2D eigenvalue weighted by Gasteiger charge is -2.26. The van der Waals surface area contributed by atoms with Crippen LogP contribution in [0.5, 0.6) is 0 Å². The predicted octanol–water partition coefficient (Wildman–Crippen LogP) is 4.33. The van der Waals surface area contributed by atoms with Gasteiger partial charge in [-0.05, 0) is 30.4 Å². The molecule has 0 saturated heterocycles. The lowest BCUT2D eigenvalue weighted by Crippen LogP contribution is -2.34. The van der Waals surface area contributed by atoms with Crippen molar-refractivity contribution in [1.82, 2.24) is 0 Å². The molecule has 0 heterocycles. The maximum absolute atomic E-state index is 14.1. The summed E-state index contributed by atoms with van der Waals surface area (Å²) in [5.74, 6) is -0.00248. The molecule has 0 aliphatic heterocycles. The fourth-order valence-corrected chi connectivity index (χ4v) is 2.81. The van der Waals surface area contributed by atoms with Crippen LogP contribution in [0.1, 0.15) is 56.6 Å². The Bertz CT molecular complexity index is 422. The molecule has 1 fully saturated rings. The molecule has 0 aromatic heterocycles. The van der Waals surface area contributed by atoms with Crippen LogP contribution in [0, 0.1) is 5.82 Å². The zero-order valence-electron chi connectivity index (χ0n) is 10.4. The molecule has 1 nitrogen and oxygen atoms in total. The van der Waals surface area contributed by atoms with Gasteiger partial charge in [-0.1, -0.05) is 44.4 Å². The van der Waals surface area contributed by atoms with Crippen molar-refractivity contribution in [1.29, 1.82) is 0 Å². The highest BCUT2D eigenvalue weighted by Gasteiger charge is 2.34. The van der Waals surface area contributed by atoms with E-state index in [1.54, 1.807) is 6.07 Å². The third-order valence-corrected chi connectivity index (χ3v) is 4.02. The molecular weight excluding hydrogens is 237 g/mol. The van der Waals surface area contributed by atoms with Crippen molar-refractivity contribution < 1.29 is 4.39 Å². The number of rotatable bonds is 2. The number of hydrogen-bond donors (Lipinski definition) is 1. The Morgan fingerprint density at radius 1 is 1.29 bits per heavy atom. The van der Waals surface area contributed by atoms with Gasteiger partial charge in [0.25, 0.3) is 0 Å². The van der Waals surface area contributed by atoms with E-state index < -0.39 is 5.54 Å². The molecule has 0 amide bonds. The summed E-state index contributed by atoms with van der Waals surface area (Å²) in [6, 6.07) is 3.61. The molecule has 3 heteroatoms. The van der Waals surface area contributed by atoms with Gasteiger partial charge in [-0.2, -0.15) is 0 Å². The molecule has 1 saturated carbocycles. The summed E-state index contributed by atoms with van der Waals surface area (Å²) in [5, 5.41) is 0.197. The van der Waals surface area contributed by atoms with Crippen LogP contribution in [0.15, 0.2) is 12.1 Å². The average molecular weight is 256 g/mol. The highest BCUT2D eigenvalue weighted by atomic mass is 35.5. The fourth-order valence-electron chi connectivity index (χ4n) is 2.58. The van der Waals surface area contributed by atoms with E-state index in [4.69, 9.17) is 17.3 Å². The van der Waals surface area contributed by atoms with Gasteiger partial charge in [0, 0.05) is 11.1 Å². The smallest absolute Gasteiger partial charge is 0.146 e. The Morgan fingerprint density at radius 3 is 2.41 bits per heavy atom. The monoisotopic (exact) mass is 255 g/mol. The average Bonchev–Trinajstić information content (AvgIpc) is 2.69. The second-order valence-corrected chi connectivity index (χ2v) is 5.79. The molecular formula is C14H19ClFN. The maximum Gasteiger partial charge on any atom is 0.146 e. The number of halogens is 2. The molecule has 0 spiro atoms. The molecule has 0 bridgehead atoms. The van der Waals surface area contributed by atoms with Crippen LogP contribution < -0.4 is 5.73 Å². The summed E-state index contributed by atoms with van der Waals surface area (Å²) in [4.78, 5) is 0. The van der Waals surface area contributed by atoms with Crippen LogP contribution in [0.2, 0.25) is 5.02 Å². The minimum atomic E-state index is -0.515. The Morgan fingerprint density at radius 2 is 1.88 bits per heavy atom. The van der Waals surface area contributed by atoms with E-state index in [1.165, 1.54) is 0 Å². The standard InChI is InChI=1S/C14H19ClFN/c1-9(2)10-7-11(13(16)12(15)8-10)14(17)5-3-4-6-14/h7-9H,3-6,17H2,1-2H3. The topological polar surface area (TPSA) is 26.0 Å². The maximum atomic E-state index is 14.1. The van der Waals surface area contributed by atoms with Crippen LogP contribution in [0.25, 0.3) is 0 Å². The van der Waals surface area contributed by atoms with Crippen LogP contribution >= 0.6 is 11.6 Å². The zero-order valence-corrected chi connectivity index (χ0v) is 11.1. The normalized spacial score (nSPS) is 18.9. The molecule has 1 aromatic rings. The van der Waals surface area contributed by atoms with Crippen LogP contribution in [0.4, 0.5) is 4.39 Å². The second kappa shape index (κ2) is 4.58. The van der Waals surface area contributed by atoms with Gasteiger partial charge in [0.15, 0.2) is 0 Å². The Labute approximate surface area is 107 Å². The first-order valence-electron chi connectivity index (χ1n) is 6.22. The van der Waals surface area contributed by atoms with E-state index >= 15 is 0 Å². The van der Waals surface area contributed by atoms with Crippen LogP contribution in [-0.4, -0.2) is 0 Å². The molecule has 1 aliphatic rings. The third kappa shape index (κ3) is 2.34.